The molecule has 4 rings (SSSR count). The van der Waals surface area contributed by atoms with Crippen LogP contribution in [0.2, 0.25) is 0 Å². The Balaban J connectivity index is 1.57. The van der Waals surface area contributed by atoms with Gasteiger partial charge in [0.2, 0.25) is 0 Å². The number of anilines is 2. The number of aromatic nitrogens is 2. The highest BCUT2D eigenvalue weighted by Gasteiger charge is 2.31. The Morgan fingerprint density at radius 1 is 1.09 bits per heavy atom. The molecule has 2 amide bonds. The van der Waals surface area contributed by atoms with Gasteiger partial charge in [0, 0.05) is 30.3 Å². The Kier molecular flexibility index (Phi) is 5.95. The Morgan fingerprint density at radius 3 is 2.62 bits per heavy atom. The number of halogens is 3. The first-order valence-corrected chi connectivity index (χ1v) is 9.86. The fourth-order valence-electron chi connectivity index (χ4n) is 3.36. The van der Waals surface area contributed by atoms with Gasteiger partial charge >= 0.3 is 6.18 Å². The van der Waals surface area contributed by atoms with Crippen molar-refractivity contribution in [2.75, 3.05) is 17.2 Å². The fraction of sp³-hybridized carbons (Fsp3) is 0.227. The Hall–Kier alpha value is -3.66. The third-order valence-corrected chi connectivity index (χ3v) is 4.94. The van der Waals surface area contributed by atoms with E-state index in [9.17, 15) is 22.8 Å². The lowest BCUT2D eigenvalue weighted by Gasteiger charge is -2.15. The van der Waals surface area contributed by atoms with Gasteiger partial charge in [-0.15, -0.1) is 0 Å². The van der Waals surface area contributed by atoms with Crippen LogP contribution in [0, 0.1) is 0 Å². The molecule has 1 aliphatic rings. The maximum atomic E-state index is 13.2. The molecule has 0 radical (unpaired) electrons. The van der Waals surface area contributed by atoms with E-state index < -0.39 is 23.8 Å². The second kappa shape index (κ2) is 8.83. The van der Waals surface area contributed by atoms with Gasteiger partial charge in [-0.2, -0.15) is 18.3 Å². The van der Waals surface area contributed by atoms with Crippen LogP contribution in [0.15, 0.2) is 60.9 Å². The smallest absolute Gasteiger partial charge is 0.368 e. The van der Waals surface area contributed by atoms with Crippen LogP contribution >= 0.6 is 0 Å². The maximum absolute atomic E-state index is 13.2. The lowest BCUT2D eigenvalue weighted by atomic mass is 10.1. The highest BCUT2D eigenvalue weighted by molar-refractivity contribution is 6.06. The molecule has 1 atom stereocenters. The second-order valence-corrected chi connectivity index (χ2v) is 7.21. The average molecular weight is 444 g/mol. The zero-order valence-electron chi connectivity index (χ0n) is 16.7. The number of amides is 2. The SMILES string of the molecule is O=C(Nc1cc(C(F)(F)F)ccc1-n1cccn1)c1cccc(NC(=O)C2CCCO2)c1. The third kappa shape index (κ3) is 4.80. The summed E-state index contributed by atoms with van der Waals surface area (Å²) in [6.07, 6.45) is -0.653. The molecule has 1 aliphatic heterocycles. The first-order valence-electron chi connectivity index (χ1n) is 9.86. The van der Waals surface area contributed by atoms with Crippen LogP contribution in [0.1, 0.15) is 28.8 Å². The minimum absolute atomic E-state index is 0.0534. The molecule has 1 aromatic heterocycles. The van der Waals surface area contributed by atoms with E-state index in [1.54, 1.807) is 24.4 Å². The molecule has 0 spiro atoms. The summed E-state index contributed by atoms with van der Waals surface area (Å²) >= 11 is 0. The lowest BCUT2D eigenvalue weighted by molar-refractivity contribution is -0.137. The van der Waals surface area contributed by atoms with Crippen molar-refractivity contribution in [3.8, 4) is 5.69 Å². The molecule has 1 saturated heterocycles. The molecule has 2 aromatic carbocycles. The molecule has 1 unspecified atom stereocenters. The molecule has 7 nitrogen and oxygen atoms in total. The monoisotopic (exact) mass is 444 g/mol. The van der Waals surface area contributed by atoms with E-state index in [1.165, 1.54) is 29.1 Å². The molecule has 10 heteroatoms. The summed E-state index contributed by atoms with van der Waals surface area (Å²) in [4.78, 5) is 25.1. The number of carbonyl (C=O) groups excluding carboxylic acids is 2. The van der Waals surface area contributed by atoms with Crippen LogP contribution in [0.5, 0.6) is 0 Å². The molecule has 166 valence electrons. The van der Waals surface area contributed by atoms with Crippen LogP contribution in [0.3, 0.4) is 0 Å². The molecule has 1 fully saturated rings. The summed E-state index contributed by atoms with van der Waals surface area (Å²) in [5.41, 5.74) is -0.128. The lowest BCUT2D eigenvalue weighted by Crippen LogP contribution is -2.27. The van der Waals surface area contributed by atoms with Crippen molar-refractivity contribution in [3.63, 3.8) is 0 Å². The van der Waals surface area contributed by atoms with Crippen molar-refractivity contribution < 1.29 is 27.5 Å². The standard InChI is InChI=1S/C22H19F3N4O3/c23-22(24,25)15-7-8-18(29-10-3-9-26-29)17(13-15)28-20(30)14-4-1-5-16(12-14)27-21(31)19-6-2-11-32-19/h1,3-5,7-10,12-13,19H,2,6,11H2,(H,27,31)(H,28,30). The van der Waals surface area contributed by atoms with Crippen LogP contribution in [0.4, 0.5) is 24.5 Å². The number of nitrogens with one attached hydrogen (secondary N) is 2. The normalized spacial score (nSPS) is 16.0. The molecular formula is C22H19F3N4O3. The highest BCUT2D eigenvalue weighted by Crippen LogP contribution is 2.33. The van der Waals surface area contributed by atoms with Gasteiger partial charge in [-0.25, -0.2) is 4.68 Å². The largest absolute Gasteiger partial charge is 0.416 e. The maximum Gasteiger partial charge on any atom is 0.416 e. The predicted molar refractivity (Wildman–Crippen MR) is 111 cm³/mol. The van der Waals surface area contributed by atoms with Gasteiger partial charge < -0.3 is 15.4 Å². The van der Waals surface area contributed by atoms with Crippen molar-refractivity contribution in [2.45, 2.75) is 25.1 Å². The van der Waals surface area contributed by atoms with Gasteiger partial charge in [0.1, 0.15) is 6.10 Å². The molecule has 0 aliphatic carbocycles. The Labute approximate surface area is 181 Å². The van der Waals surface area contributed by atoms with Crippen molar-refractivity contribution in [3.05, 3.63) is 72.1 Å². The number of alkyl halides is 3. The minimum atomic E-state index is -4.57. The number of hydrogen-bond donors (Lipinski definition) is 2. The van der Waals surface area contributed by atoms with Crippen molar-refractivity contribution in [2.24, 2.45) is 0 Å². The molecule has 0 bridgehead atoms. The third-order valence-electron chi connectivity index (χ3n) is 4.94. The topological polar surface area (TPSA) is 85.3 Å². The molecule has 32 heavy (non-hydrogen) atoms. The van der Waals surface area contributed by atoms with E-state index >= 15 is 0 Å². The summed E-state index contributed by atoms with van der Waals surface area (Å²) in [6, 6.07) is 10.8. The molecule has 2 heterocycles. The number of rotatable bonds is 5. The molecule has 3 aromatic rings. The van der Waals surface area contributed by atoms with E-state index in [4.69, 9.17) is 4.74 Å². The second-order valence-electron chi connectivity index (χ2n) is 7.21. The summed E-state index contributed by atoms with van der Waals surface area (Å²) in [5.74, 6) is -0.940. The van der Waals surface area contributed by atoms with Crippen molar-refractivity contribution in [1.29, 1.82) is 0 Å². The number of carbonyl (C=O) groups is 2. The van der Waals surface area contributed by atoms with E-state index in [-0.39, 0.29) is 22.8 Å². The quantitative estimate of drug-likeness (QED) is 0.616. The van der Waals surface area contributed by atoms with Crippen LogP contribution in [-0.2, 0) is 15.7 Å². The van der Waals surface area contributed by atoms with E-state index in [0.717, 1.165) is 18.6 Å². The van der Waals surface area contributed by atoms with Crippen molar-refractivity contribution >= 4 is 23.2 Å². The van der Waals surface area contributed by atoms with E-state index in [1.807, 2.05) is 0 Å². The number of ether oxygens (including phenoxy) is 1. The van der Waals surface area contributed by atoms with Gasteiger partial charge in [-0.3, -0.25) is 9.59 Å². The minimum Gasteiger partial charge on any atom is -0.368 e. The van der Waals surface area contributed by atoms with Crippen LogP contribution in [-0.4, -0.2) is 34.3 Å². The van der Waals surface area contributed by atoms with Gasteiger partial charge in [0.15, 0.2) is 0 Å². The highest BCUT2D eigenvalue weighted by atomic mass is 19.4. The summed E-state index contributed by atoms with van der Waals surface area (Å²) in [5, 5.41) is 9.25. The van der Waals surface area contributed by atoms with Crippen LogP contribution < -0.4 is 10.6 Å². The fourth-order valence-corrected chi connectivity index (χ4v) is 3.36. The Morgan fingerprint density at radius 2 is 1.94 bits per heavy atom. The van der Waals surface area contributed by atoms with Crippen molar-refractivity contribution in [1.82, 2.24) is 9.78 Å². The number of benzene rings is 2. The van der Waals surface area contributed by atoms with E-state index in [2.05, 4.69) is 15.7 Å². The van der Waals surface area contributed by atoms with Gasteiger partial charge in [-0.05, 0) is 55.3 Å². The first kappa shape index (κ1) is 21.6. The first-order chi connectivity index (χ1) is 15.3. The van der Waals surface area contributed by atoms with Gasteiger partial charge in [0.05, 0.1) is 16.9 Å². The summed E-state index contributed by atoms with van der Waals surface area (Å²) < 4.78 is 46.4. The molecule has 0 saturated carbocycles. The molecule has 2 N–H and O–H groups in total. The predicted octanol–water partition coefficient (Wildman–Crippen LogP) is 4.26. The summed E-state index contributed by atoms with van der Waals surface area (Å²) in [6.45, 7) is 0.524. The zero-order chi connectivity index (χ0) is 22.7. The van der Waals surface area contributed by atoms with Gasteiger partial charge in [0.25, 0.3) is 11.8 Å². The van der Waals surface area contributed by atoms with Gasteiger partial charge in [-0.1, -0.05) is 6.07 Å². The Bertz CT molecular complexity index is 1120. The zero-order valence-corrected chi connectivity index (χ0v) is 16.7. The van der Waals surface area contributed by atoms with Crippen LogP contribution in [0.25, 0.3) is 5.69 Å². The molecular weight excluding hydrogens is 425 g/mol. The average Bonchev–Trinajstić information content (AvgIpc) is 3.47. The number of hydrogen-bond acceptors (Lipinski definition) is 4. The number of nitrogens with zero attached hydrogens (tertiary/aromatic N) is 2. The van der Waals surface area contributed by atoms with E-state index in [0.29, 0.717) is 18.7 Å². The summed E-state index contributed by atoms with van der Waals surface area (Å²) in [7, 11) is 0.